The summed E-state index contributed by atoms with van der Waals surface area (Å²) in [5.41, 5.74) is 0. The average Bonchev–Trinajstić information content (AvgIpc) is 2.88. The third kappa shape index (κ3) is 4.10. The highest BCUT2D eigenvalue weighted by Crippen LogP contribution is 2.19. The van der Waals surface area contributed by atoms with Crippen molar-refractivity contribution in [2.45, 2.75) is 19.4 Å². The molecule has 1 aromatic rings. The van der Waals surface area contributed by atoms with Crippen molar-refractivity contribution in [3.63, 3.8) is 0 Å². The van der Waals surface area contributed by atoms with Gasteiger partial charge >= 0.3 is 0 Å². The number of methoxy groups -OCH3 is 1. The first-order chi connectivity index (χ1) is 9.22. The second-order valence-electron chi connectivity index (χ2n) is 4.74. The third-order valence-electron chi connectivity index (χ3n) is 3.24. The van der Waals surface area contributed by atoms with Gasteiger partial charge in [0.2, 0.25) is 5.13 Å². The van der Waals surface area contributed by atoms with Crippen molar-refractivity contribution in [1.82, 2.24) is 14.3 Å². The molecule has 2 rings (SSSR count). The Morgan fingerprint density at radius 3 is 2.68 bits per heavy atom. The first-order valence-corrected chi connectivity index (χ1v) is 7.47. The van der Waals surface area contributed by atoms with E-state index in [9.17, 15) is 5.11 Å². The zero-order valence-corrected chi connectivity index (χ0v) is 12.4. The molecular formula is C12H22N4O2S. The quantitative estimate of drug-likeness (QED) is 0.808. The van der Waals surface area contributed by atoms with E-state index in [1.54, 1.807) is 7.11 Å². The molecule has 1 atom stereocenters. The minimum Gasteiger partial charge on any atom is -0.389 e. The van der Waals surface area contributed by atoms with Crippen molar-refractivity contribution in [2.24, 2.45) is 0 Å². The number of anilines is 1. The fourth-order valence-electron chi connectivity index (χ4n) is 2.18. The normalized spacial score (nSPS) is 18.8. The number of aromatic nitrogens is 2. The fraction of sp³-hybridized carbons (Fsp3) is 0.833. The summed E-state index contributed by atoms with van der Waals surface area (Å²) in [5.74, 6) is 0.929. The summed E-state index contributed by atoms with van der Waals surface area (Å²) in [6.45, 7) is 6.93. The Morgan fingerprint density at radius 2 is 2.11 bits per heavy atom. The highest BCUT2D eigenvalue weighted by molar-refractivity contribution is 7.09. The number of aliphatic hydroxyl groups is 1. The van der Waals surface area contributed by atoms with Crippen LogP contribution < -0.4 is 4.90 Å². The monoisotopic (exact) mass is 286 g/mol. The van der Waals surface area contributed by atoms with Crippen LogP contribution in [0.3, 0.4) is 0 Å². The maximum Gasteiger partial charge on any atom is 0.205 e. The number of aliphatic hydroxyl groups excluding tert-OH is 1. The van der Waals surface area contributed by atoms with Crippen LogP contribution in [-0.2, 0) is 11.2 Å². The van der Waals surface area contributed by atoms with Crippen molar-refractivity contribution in [1.29, 1.82) is 0 Å². The summed E-state index contributed by atoms with van der Waals surface area (Å²) >= 11 is 1.48. The number of piperazine rings is 1. The van der Waals surface area contributed by atoms with Crippen LogP contribution in [0.15, 0.2) is 0 Å². The minimum atomic E-state index is -0.398. The average molecular weight is 286 g/mol. The van der Waals surface area contributed by atoms with E-state index in [4.69, 9.17) is 4.74 Å². The van der Waals surface area contributed by atoms with Gasteiger partial charge in [-0.15, -0.1) is 0 Å². The van der Waals surface area contributed by atoms with Gasteiger partial charge in [-0.25, -0.2) is 4.98 Å². The van der Waals surface area contributed by atoms with E-state index in [-0.39, 0.29) is 0 Å². The van der Waals surface area contributed by atoms with Crippen LogP contribution in [-0.4, -0.2) is 71.9 Å². The molecule has 1 aliphatic heterocycles. The molecule has 1 aliphatic rings. The number of rotatable bonds is 6. The molecule has 1 aromatic heterocycles. The second-order valence-corrected chi connectivity index (χ2v) is 5.47. The number of hydrogen-bond donors (Lipinski definition) is 1. The lowest BCUT2D eigenvalue weighted by Gasteiger charge is -2.35. The number of aryl methyl sites for hydroxylation is 1. The number of β-amino-alcohol motifs (C(OH)–C–C–N with tert-alkyl or cyclic N) is 1. The Morgan fingerprint density at radius 1 is 1.37 bits per heavy atom. The first-order valence-electron chi connectivity index (χ1n) is 6.69. The smallest absolute Gasteiger partial charge is 0.205 e. The molecule has 2 heterocycles. The van der Waals surface area contributed by atoms with Crippen LogP contribution in [0.2, 0.25) is 0 Å². The number of ether oxygens (including phenoxy) is 1. The summed E-state index contributed by atoms with van der Waals surface area (Å²) in [4.78, 5) is 9.05. The van der Waals surface area contributed by atoms with Gasteiger partial charge in [-0.05, 0) is 0 Å². The molecule has 0 aromatic carbocycles. The van der Waals surface area contributed by atoms with Crippen LogP contribution in [0, 0.1) is 0 Å². The van der Waals surface area contributed by atoms with E-state index in [0.717, 1.165) is 43.6 Å². The van der Waals surface area contributed by atoms with E-state index in [1.165, 1.54) is 11.5 Å². The number of hydrogen-bond acceptors (Lipinski definition) is 7. The molecule has 0 aliphatic carbocycles. The fourth-order valence-corrected chi connectivity index (χ4v) is 2.98. The summed E-state index contributed by atoms with van der Waals surface area (Å²) in [5, 5.41) is 10.7. The first kappa shape index (κ1) is 14.6. The predicted octanol–water partition coefficient (Wildman–Crippen LogP) is 0.230. The van der Waals surface area contributed by atoms with Gasteiger partial charge in [0.1, 0.15) is 5.82 Å². The molecule has 1 fully saturated rings. The van der Waals surface area contributed by atoms with Gasteiger partial charge in [-0.2, -0.15) is 4.37 Å². The molecule has 6 nitrogen and oxygen atoms in total. The van der Waals surface area contributed by atoms with Gasteiger partial charge in [-0.1, -0.05) is 6.92 Å². The van der Waals surface area contributed by atoms with E-state index >= 15 is 0 Å². The van der Waals surface area contributed by atoms with Crippen LogP contribution in [0.25, 0.3) is 0 Å². The van der Waals surface area contributed by atoms with Crippen molar-refractivity contribution in [3.8, 4) is 0 Å². The summed E-state index contributed by atoms with van der Waals surface area (Å²) < 4.78 is 9.27. The second kappa shape index (κ2) is 7.14. The molecule has 0 saturated carbocycles. The molecule has 0 radical (unpaired) electrons. The van der Waals surface area contributed by atoms with Gasteiger partial charge in [0.25, 0.3) is 0 Å². The Hall–Kier alpha value is -0.760. The lowest BCUT2D eigenvalue weighted by Crippen LogP contribution is -2.49. The standard InChI is InChI=1S/C12H22N4O2S/c1-3-11-13-12(19-14-11)16-6-4-15(5-7-16)8-10(17)9-18-2/h10,17H,3-9H2,1-2H3. The van der Waals surface area contributed by atoms with E-state index in [0.29, 0.717) is 13.2 Å². The van der Waals surface area contributed by atoms with Gasteiger partial charge in [0.15, 0.2) is 0 Å². The maximum atomic E-state index is 9.72. The molecule has 1 N–H and O–H groups in total. The predicted molar refractivity (Wildman–Crippen MR) is 75.8 cm³/mol. The highest BCUT2D eigenvalue weighted by Gasteiger charge is 2.21. The molecule has 7 heteroatoms. The van der Waals surface area contributed by atoms with E-state index in [2.05, 4.69) is 26.1 Å². The Labute approximate surface area is 118 Å². The van der Waals surface area contributed by atoms with Crippen molar-refractivity contribution in [2.75, 3.05) is 51.3 Å². The lowest BCUT2D eigenvalue weighted by atomic mass is 10.3. The van der Waals surface area contributed by atoms with Gasteiger partial charge in [-0.3, -0.25) is 4.90 Å². The zero-order chi connectivity index (χ0) is 13.7. The Bertz CT molecular complexity index is 380. The summed E-state index contributed by atoms with van der Waals surface area (Å²) in [7, 11) is 1.61. The summed E-state index contributed by atoms with van der Waals surface area (Å²) in [6.07, 6.45) is 0.490. The minimum absolute atomic E-state index is 0.398. The van der Waals surface area contributed by atoms with E-state index in [1.807, 2.05) is 0 Å². The molecule has 108 valence electrons. The number of nitrogens with zero attached hydrogens (tertiary/aromatic N) is 4. The van der Waals surface area contributed by atoms with Crippen LogP contribution in [0.4, 0.5) is 5.13 Å². The molecule has 1 unspecified atom stereocenters. The topological polar surface area (TPSA) is 61.7 Å². The molecule has 19 heavy (non-hydrogen) atoms. The summed E-state index contributed by atoms with van der Waals surface area (Å²) in [6, 6.07) is 0. The highest BCUT2D eigenvalue weighted by atomic mass is 32.1. The maximum absolute atomic E-state index is 9.72. The van der Waals surface area contributed by atoms with Gasteiger partial charge in [0.05, 0.1) is 12.7 Å². The van der Waals surface area contributed by atoms with Crippen LogP contribution in [0.5, 0.6) is 0 Å². The van der Waals surface area contributed by atoms with Crippen molar-refractivity contribution in [3.05, 3.63) is 5.82 Å². The van der Waals surface area contributed by atoms with Gasteiger partial charge in [0, 0.05) is 57.8 Å². The molecule has 0 amide bonds. The van der Waals surface area contributed by atoms with E-state index < -0.39 is 6.10 Å². The molecule has 1 saturated heterocycles. The van der Waals surface area contributed by atoms with Crippen LogP contribution >= 0.6 is 11.5 Å². The molecular weight excluding hydrogens is 264 g/mol. The van der Waals surface area contributed by atoms with Gasteiger partial charge < -0.3 is 14.7 Å². The SMILES string of the molecule is CCc1nsc(N2CCN(CC(O)COC)CC2)n1. The zero-order valence-electron chi connectivity index (χ0n) is 11.6. The largest absolute Gasteiger partial charge is 0.389 e. The molecule has 0 spiro atoms. The van der Waals surface area contributed by atoms with Crippen molar-refractivity contribution < 1.29 is 9.84 Å². The lowest BCUT2D eigenvalue weighted by molar-refractivity contribution is 0.0365. The molecule has 0 bridgehead atoms. The Kier molecular flexibility index (Phi) is 5.50. The van der Waals surface area contributed by atoms with Crippen LogP contribution in [0.1, 0.15) is 12.7 Å². The van der Waals surface area contributed by atoms with Crippen molar-refractivity contribution >= 4 is 16.7 Å². The Balaban J connectivity index is 1.78. The third-order valence-corrected chi connectivity index (χ3v) is 4.06.